The van der Waals surface area contributed by atoms with Crippen molar-refractivity contribution >= 4 is 29.5 Å². The molecule has 0 unspecified atom stereocenters. The first kappa shape index (κ1) is 17.2. The molecule has 0 saturated heterocycles. The van der Waals surface area contributed by atoms with Gasteiger partial charge in [-0.3, -0.25) is 9.59 Å². The number of carbonyl (C=O) groups is 2. The highest BCUT2D eigenvalue weighted by atomic mass is 35.5. The Morgan fingerprint density at radius 2 is 1.71 bits per heavy atom. The van der Waals surface area contributed by atoms with Crippen LogP contribution in [0.4, 0.5) is 0 Å². The minimum absolute atomic E-state index is 0.157. The van der Waals surface area contributed by atoms with Gasteiger partial charge in [-0.1, -0.05) is 23.7 Å². The number of rotatable bonds is 4. The molecule has 0 aliphatic rings. The van der Waals surface area contributed by atoms with E-state index >= 15 is 0 Å². The summed E-state index contributed by atoms with van der Waals surface area (Å²) in [6, 6.07) is 7.18. The lowest BCUT2D eigenvalue weighted by molar-refractivity contribution is -0.137. The van der Waals surface area contributed by atoms with Crippen LogP contribution in [-0.4, -0.2) is 36.3 Å². The molecule has 0 saturated carbocycles. The molecule has 5 heteroatoms. The zero-order valence-electron chi connectivity index (χ0n) is 13.0. The van der Waals surface area contributed by atoms with E-state index in [1.165, 1.54) is 4.90 Å². The molecule has 0 aliphatic carbocycles. The highest BCUT2D eigenvalue weighted by molar-refractivity contribution is 6.30. The van der Waals surface area contributed by atoms with E-state index < -0.39 is 5.54 Å². The summed E-state index contributed by atoms with van der Waals surface area (Å²) in [7, 11) is 3.32. The maximum atomic E-state index is 12.2. The van der Waals surface area contributed by atoms with Crippen LogP contribution in [0.3, 0.4) is 0 Å². The number of benzene rings is 1. The van der Waals surface area contributed by atoms with E-state index in [2.05, 4.69) is 5.32 Å². The molecule has 0 atom stereocenters. The topological polar surface area (TPSA) is 49.4 Å². The summed E-state index contributed by atoms with van der Waals surface area (Å²) in [5, 5.41) is 3.39. The van der Waals surface area contributed by atoms with Crippen molar-refractivity contribution in [2.24, 2.45) is 0 Å². The van der Waals surface area contributed by atoms with Gasteiger partial charge in [0.05, 0.1) is 0 Å². The molecule has 0 spiro atoms. The summed E-state index contributed by atoms with van der Waals surface area (Å²) in [5.74, 6) is -0.430. The van der Waals surface area contributed by atoms with E-state index in [4.69, 9.17) is 11.6 Å². The van der Waals surface area contributed by atoms with Crippen molar-refractivity contribution in [3.63, 3.8) is 0 Å². The van der Waals surface area contributed by atoms with Crippen LogP contribution in [0.2, 0.25) is 5.02 Å². The van der Waals surface area contributed by atoms with Gasteiger partial charge in [0.15, 0.2) is 0 Å². The van der Waals surface area contributed by atoms with E-state index in [0.717, 1.165) is 5.56 Å². The van der Waals surface area contributed by atoms with E-state index in [1.54, 1.807) is 53.1 Å². The van der Waals surface area contributed by atoms with E-state index in [9.17, 15) is 9.59 Å². The van der Waals surface area contributed by atoms with Gasteiger partial charge in [-0.2, -0.15) is 0 Å². The Balaban J connectivity index is 2.83. The Morgan fingerprint density at radius 3 is 2.19 bits per heavy atom. The van der Waals surface area contributed by atoms with Crippen molar-refractivity contribution in [3.8, 4) is 0 Å². The molecule has 1 N–H and O–H groups in total. The molecule has 0 aliphatic heterocycles. The number of hydrogen-bond acceptors (Lipinski definition) is 2. The van der Waals surface area contributed by atoms with Crippen molar-refractivity contribution in [2.45, 2.75) is 26.3 Å². The number of amides is 2. The molecular weight excluding hydrogens is 288 g/mol. The Labute approximate surface area is 130 Å². The summed E-state index contributed by atoms with van der Waals surface area (Å²) in [5.41, 5.74) is 0.455. The van der Waals surface area contributed by atoms with Crippen LogP contribution < -0.4 is 5.32 Å². The predicted octanol–water partition coefficient (Wildman–Crippen LogP) is 2.73. The molecule has 0 fully saturated rings. The molecule has 1 aromatic carbocycles. The summed E-state index contributed by atoms with van der Waals surface area (Å²) in [6.07, 6.45) is 1.75. The third-order valence-electron chi connectivity index (χ3n) is 2.98. The van der Waals surface area contributed by atoms with Gasteiger partial charge in [0.1, 0.15) is 5.54 Å². The number of halogens is 1. The molecule has 114 valence electrons. The first-order valence-corrected chi connectivity index (χ1v) is 6.99. The van der Waals surface area contributed by atoms with E-state index in [-0.39, 0.29) is 11.8 Å². The first-order chi connectivity index (χ1) is 9.63. The molecule has 0 bridgehead atoms. The number of carbonyl (C=O) groups excluding carboxylic acids is 2. The predicted molar refractivity (Wildman–Crippen MR) is 86.0 cm³/mol. The molecular formula is C16H21ClN2O2. The summed E-state index contributed by atoms with van der Waals surface area (Å²) < 4.78 is 0. The fourth-order valence-corrected chi connectivity index (χ4v) is 2.00. The van der Waals surface area contributed by atoms with Crippen molar-refractivity contribution in [2.75, 3.05) is 14.1 Å². The Hall–Kier alpha value is -1.81. The molecule has 0 aromatic heterocycles. The molecule has 0 radical (unpaired) electrons. The largest absolute Gasteiger partial charge is 0.347 e. The zero-order chi connectivity index (χ0) is 16.2. The van der Waals surface area contributed by atoms with Gasteiger partial charge < -0.3 is 10.2 Å². The van der Waals surface area contributed by atoms with Gasteiger partial charge >= 0.3 is 0 Å². The third-order valence-corrected chi connectivity index (χ3v) is 3.23. The van der Waals surface area contributed by atoms with Gasteiger partial charge in [-0.05, 0) is 44.5 Å². The summed E-state index contributed by atoms with van der Waals surface area (Å²) >= 11 is 5.82. The van der Waals surface area contributed by atoms with Gasteiger partial charge in [0, 0.05) is 24.7 Å². The highest BCUT2D eigenvalue weighted by Crippen LogP contribution is 2.13. The Morgan fingerprint density at radius 1 is 1.19 bits per heavy atom. The average molecular weight is 309 g/mol. The lowest BCUT2D eigenvalue weighted by Gasteiger charge is -2.28. The highest BCUT2D eigenvalue weighted by Gasteiger charge is 2.30. The maximum Gasteiger partial charge on any atom is 0.247 e. The molecule has 1 aromatic rings. The van der Waals surface area contributed by atoms with Crippen LogP contribution in [0.25, 0.3) is 6.08 Å². The van der Waals surface area contributed by atoms with Crippen LogP contribution in [0.1, 0.15) is 26.3 Å². The van der Waals surface area contributed by atoms with Crippen LogP contribution in [0.5, 0.6) is 0 Å². The van der Waals surface area contributed by atoms with Gasteiger partial charge in [0.25, 0.3) is 0 Å². The zero-order valence-corrected chi connectivity index (χ0v) is 13.8. The smallest absolute Gasteiger partial charge is 0.247 e. The van der Waals surface area contributed by atoms with Crippen molar-refractivity contribution in [1.82, 2.24) is 10.2 Å². The van der Waals surface area contributed by atoms with Gasteiger partial charge in [-0.15, -0.1) is 0 Å². The van der Waals surface area contributed by atoms with Crippen LogP contribution in [0, 0.1) is 0 Å². The average Bonchev–Trinajstić information content (AvgIpc) is 2.39. The second kappa shape index (κ2) is 6.76. The van der Waals surface area contributed by atoms with Crippen LogP contribution in [0.15, 0.2) is 29.8 Å². The van der Waals surface area contributed by atoms with Crippen molar-refractivity contribution in [3.05, 3.63) is 40.4 Å². The molecule has 1 rings (SSSR count). The van der Waals surface area contributed by atoms with Crippen molar-refractivity contribution in [1.29, 1.82) is 0 Å². The molecule has 21 heavy (non-hydrogen) atoms. The number of nitrogens with one attached hydrogen (secondary N) is 1. The monoisotopic (exact) mass is 308 g/mol. The third kappa shape index (κ3) is 4.90. The SMILES string of the molecule is CC(=Cc1ccc(Cl)cc1)C(=O)NC(C)(C)C(=O)N(C)C. The van der Waals surface area contributed by atoms with Crippen LogP contribution in [-0.2, 0) is 9.59 Å². The van der Waals surface area contributed by atoms with Crippen LogP contribution >= 0.6 is 11.6 Å². The van der Waals surface area contributed by atoms with E-state index in [1.807, 2.05) is 12.1 Å². The lowest BCUT2D eigenvalue weighted by Crippen LogP contribution is -2.54. The Bertz CT molecular complexity index is 560. The first-order valence-electron chi connectivity index (χ1n) is 6.61. The minimum atomic E-state index is -0.949. The Kier molecular flexibility index (Phi) is 5.55. The quantitative estimate of drug-likeness (QED) is 0.870. The van der Waals surface area contributed by atoms with Gasteiger partial charge in [0.2, 0.25) is 11.8 Å². The number of nitrogens with zero attached hydrogens (tertiary/aromatic N) is 1. The second-order valence-electron chi connectivity index (χ2n) is 5.66. The molecule has 4 nitrogen and oxygen atoms in total. The van der Waals surface area contributed by atoms with Crippen molar-refractivity contribution < 1.29 is 9.59 Å². The molecule has 0 heterocycles. The fraction of sp³-hybridized carbons (Fsp3) is 0.375. The maximum absolute atomic E-state index is 12.2. The fourth-order valence-electron chi connectivity index (χ4n) is 1.87. The molecule has 2 amide bonds. The standard InChI is InChI=1S/C16H21ClN2O2/c1-11(10-12-6-8-13(17)9-7-12)14(20)18-16(2,3)15(21)19(4)5/h6-10H,1-5H3,(H,18,20). The normalized spacial score (nSPS) is 12.0. The second-order valence-corrected chi connectivity index (χ2v) is 6.09. The van der Waals surface area contributed by atoms with E-state index in [0.29, 0.717) is 10.6 Å². The number of likely N-dealkylation sites (N-methyl/N-ethyl adjacent to an activating group) is 1. The van der Waals surface area contributed by atoms with Gasteiger partial charge in [-0.25, -0.2) is 0 Å². The summed E-state index contributed by atoms with van der Waals surface area (Å²) in [6.45, 7) is 5.08. The lowest BCUT2D eigenvalue weighted by atomic mass is 10.0. The number of hydrogen-bond donors (Lipinski definition) is 1. The summed E-state index contributed by atoms with van der Waals surface area (Å²) in [4.78, 5) is 25.6. The minimum Gasteiger partial charge on any atom is -0.347 e.